The maximum Gasteiger partial charge on any atom is 0.341 e. The summed E-state index contributed by atoms with van der Waals surface area (Å²) < 4.78 is 15.7. The Hall–Kier alpha value is -3.13. The van der Waals surface area contributed by atoms with Crippen LogP contribution in [0.3, 0.4) is 0 Å². The number of aromatic carboxylic acids is 1. The van der Waals surface area contributed by atoms with Crippen molar-refractivity contribution in [3.63, 3.8) is 0 Å². The van der Waals surface area contributed by atoms with Gasteiger partial charge in [0.15, 0.2) is 5.43 Å². The number of nitrogens with zero attached hydrogens (tertiary/aromatic N) is 3. The van der Waals surface area contributed by atoms with E-state index in [1.54, 1.807) is 0 Å². The van der Waals surface area contributed by atoms with Crippen LogP contribution in [0.4, 0.5) is 0 Å². The van der Waals surface area contributed by atoms with E-state index in [1.165, 1.54) is 12.3 Å². The molecule has 2 atom stereocenters. The second kappa shape index (κ2) is 8.67. The minimum absolute atomic E-state index is 0.00140. The first-order chi connectivity index (χ1) is 15.7. The molecule has 33 heavy (non-hydrogen) atoms. The molecule has 0 saturated heterocycles. The largest absolute Gasteiger partial charge is 0.489 e. The van der Waals surface area contributed by atoms with Crippen molar-refractivity contribution in [3.05, 3.63) is 46.2 Å². The molecule has 0 radical (unpaired) electrons. The number of carboxylic acid groups (broad SMARTS) is 1. The number of ether oxygens (including phenoxy) is 2. The maximum absolute atomic E-state index is 12.6. The quantitative estimate of drug-likeness (QED) is 0.571. The van der Waals surface area contributed by atoms with Gasteiger partial charge in [0.2, 0.25) is 0 Å². The summed E-state index contributed by atoms with van der Waals surface area (Å²) in [5.74, 6) is -0.557. The van der Waals surface area contributed by atoms with Crippen LogP contribution in [-0.4, -0.2) is 44.7 Å². The second-order valence-electron chi connectivity index (χ2n) is 9.51. The van der Waals surface area contributed by atoms with Crippen molar-refractivity contribution in [2.75, 3.05) is 13.2 Å². The first kappa shape index (κ1) is 23.0. The average Bonchev–Trinajstić information content (AvgIpc) is 3.14. The Kier molecular flexibility index (Phi) is 6.05. The lowest BCUT2D eigenvalue weighted by Gasteiger charge is -2.38. The molecule has 176 valence electrons. The highest BCUT2D eigenvalue weighted by Gasteiger charge is 2.35. The molecule has 1 aromatic carbocycles. The van der Waals surface area contributed by atoms with Gasteiger partial charge in [0.1, 0.15) is 23.4 Å². The van der Waals surface area contributed by atoms with Crippen LogP contribution < -0.4 is 10.2 Å². The van der Waals surface area contributed by atoms with E-state index in [2.05, 4.69) is 27.7 Å². The lowest BCUT2D eigenvalue weighted by Crippen LogP contribution is -2.35. The van der Waals surface area contributed by atoms with E-state index in [4.69, 9.17) is 14.6 Å². The molecule has 1 N–H and O–H groups in total. The maximum atomic E-state index is 12.6. The van der Waals surface area contributed by atoms with E-state index in [9.17, 15) is 14.7 Å². The highest BCUT2D eigenvalue weighted by Crippen LogP contribution is 2.43. The fraction of sp³-hybridized carbons (Fsp3) is 0.480. The molecule has 0 spiro atoms. The Morgan fingerprint density at radius 3 is 2.70 bits per heavy atom. The Morgan fingerprint density at radius 1 is 1.30 bits per heavy atom. The van der Waals surface area contributed by atoms with Gasteiger partial charge in [-0.25, -0.2) is 4.79 Å². The van der Waals surface area contributed by atoms with Crippen molar-refractivity contribution in [1.29, 1.82) is 0 Å². The summed E-state index contributed by atoms with van der Waals surface area (Å²) in [7, 11) is 0. The molecule has 1 aliphatic heterocycles. The first-order valence-electron chi connectivity index (χ1n) is 11.4. The molecule has 4 rings (SSSR count). The van der Waals surface area contributed by atoms with Crippen molar-refractivity contribution < 1.29 is 19.4 Å². The standard InChI is InChI=1S/C25H31N3O5/c1-6-15(32-7-2)14-33-20-10-8-9-16-22(20)26-28-13-21(25(3,4)5)27-12-17(24(30)31)19(29)11-18(27)23(16)28/h8-12,15,21H,6-7,13-14H2,1-5H3,(H,30,31). The summed E-state index contributed by atoms with van der Waals surface area (Å²) >= 11 is 0. The number of benzene rings is 1. The number of carbonyl (C=O) groups is 1. The smallest absolute Gasteiger partial charge is 0.341 e. The van der Waals surface area contributed by atoms with Crippen LogP contribution in [0.2, 0.25) is 0 Å². The molecule has 8 nitrogen and oxygen atoms in total. The minimum Gasteiger partial charge on any atom is -0.489 e. The highest BCUT2D eigenvalue weighted by molar-refractivity contribution is 5.96. The second-order valence-corrected chi connectivity index (χ2v) is 9.51. The van der Waals surface area contributed by atoms with Crippen LogP contribution in [0.5, 0.6) is 5.75 Å². The van der Waals surface area contributed by atoms with E-state index < -0.39 is 11.4 Å². The zero-order valence-electron chi connectivity index (χ0n) is 19.8. The van der Waals surface area contributed by atoms with Gasteiger partial charge in [-0.15, -0.1) is 0 Å². The fourth-order valence-corrected chi connectivity index (χ4v) is 4.45. The third-order valence-corrected chi connectivity index (χ3v) is 6.25. The monoisotopic (exact) mass is 453 g/mol. The molecular weight excluding hydrogens is 422 g/mol. The van der Waals surface area contributed by atoms with E-state index in [0.29, 0.717) is 31.2 Å². The average molecular weight is 454 g/mol. The molecule has 0 amide bonds. The molecule has 0 saturated carbocycles. The lowest BCUT2D eigenvalue weighted by atomic mass is 9.85. The van der Waals surface area contributed by atoms with Crippen molar-refractivity contribution in [1.82, 2.24) is 14.3 Å². The van der Waals surface area contributed by atoms with E-state index >= 15 is 0 Å². The predicted octanol–water partition coefficient (Wildman–Crippen LogP) is 4.36. The van der Waals surface area contributed by atoms with Crippen molar-refractivity contribution >= 4 is 16.9 Å². The van der Waals surface area contributed by atoms with Crippen LogP contribution in [0.25, 0.3) is 22.3 Å². The number of fused-ring (bicyclic) bond motifs is 5. The van der Waals surface area contributed by atoms with Crippen LogP contribution >= 0.6 is 0 Å². The number of hydrogen-bond donors (Lipinski definition) is 1. The Labute approximate surface area is 192 Å². The molecular formula is C25H31N3O5. The number of hydrogen-bond acceptors (Lipinski definition) is 5. The van der Waals surface area contributed by atoms with Crippen LogP contribution in [0.1, 0.15) is 57.4 Å². The van der Waals surface area contributed by atoms with Gasteiger partial charge < -0.3 is 19.1 Å². The third-order valence-electron chi connectivity index (χ3n) is 6.25. The van der Waals surface area contributed by atoms with Gasteiger partial charge in [0, 0.05) is 24.3 Å². The van der Waals surface area contributed by atoms with Crippen molar-refractivity contribution in [3.8, 4) is 17.1 Å². The molecule has 2 unspecified atom stereocenters. The number of rotatable bonds is 7. The Morgan fingerprint density at radius 2 is 2.06 bits per heavy atom. The topological polar surface area (TPSA) is 95.6 Å². The Balaban J connectivity index is 1.87. The predicted molar refractivity (Wildman–Crippen MR) is 126 cm³/mol. The van der Waals surface area contributed by atoms with Gasteiger partial charge >= 0.3 is 5.97 Å². The van der Waals surface area contributed by atoms with Crippen molar-refractivity contribution in [2.45, 2.75) is 59.7 Å². The summed E-state index contributed by atoms with van der Waals surface area (Å²) in [6.07, 6.45) is 2.33. The molecule has 0 aliphatic carbocycles. The molecule has 8 heteroatoms. The van der Waals surface area contributed by atoms with E-state index in [1.807, 2.05) is 34.4 Å². The molecule has 0 bridgehead atoms. The number of pyridine rings is 1. The van der Waals surface area contributed by atoms with Crippen LogP contribution in [0, 0.1) is 5.41 Å². The molecule has 3 aromatic rings. The molecule has 3 heterocycles. The zero-order chi connectivity index (χ0) is 23.9. The minimum atomic E-state index is -1.22. The summed E-state index contributed by atoms with van der Waals surface area (Å²) in [5.41, 5.74) is 1.24. The summed E-state index contributed by atoms with van der Waals surface area (Å²) in [4.78, 5) is 24.3. The first-order valence-corrected chi connectivity index (χ1v) is 11.4. The van der Waals surface area contributed by atoms with Crippen molar-refractivity contribution in [2.24, 2.45) is 5.41 Å². The van der Waals surface area contributed by atoms with Gasteiger partial charge in [0.25, 0.3) is 0 Å². The van der Waals surface area contributed by atoms with Gasteiger partial charge in [-0.2, -0.15) is 5.10 Å². The number of aromatic nitrogens is 3. The van der Waals surface area contributed by atoms with Gasteiger partial charge in [-0.05, 0) is 24.8 Å². The summed E-state index contributed by atoms with van der Waals surface area (Å²) in [5, 5.41) is 15.3. The van der Waals surface area contributed by atoms with Crippen LogP contribution in [-0.2, 0) is 11.3 Å². The normalized spacial score (nSPS) is 16.3. The zero-order valence-corrected chi connectivity index (χ0v) is 19.8. The van der Waals surface area contributed by atoms with Gasteiger partial charge in [-0.3, -0.25) is 9.48 Å². The molecule has 0 fully saturated rings. The van der Waals surface area contributed by atoms with E-state index in [-0.39, 0.29) is 23.1 Å². The van der Waals surface area contributed by atoms with Gasteiger partial charge in [-0.1, -0.05) is 39.8 Å². The highest BCUT2D eigenvalue weighted by atomic mass is 16.5. The number of carboxylic acids is 1. The Bertz CT molecular complexity index is 1250. The van der Waals surface area contributed by atoms with Crippen LogP contribution in [0.15, 0.2) is 35.3 Å². The lowest BCUT2D eigenvalue weighted by molar-refractivity contribution is 0.0259. The summed E-state index contributed by atoms with van der Waals surface area (Å²) in [6, 6.07) is 7.09. The molecule has 2 aromatic heterocycles. The van der Waals surface area contributed by atoms with Gasteiger partial charge in [0.05, 0.1) is 30.1 Å². The SMILES string of the molecule is CCOC(CC)COc1cccc2c3n(nc12)CC(C(C)(C)C)n1cc(C(=O)O)c(=O)cc1-3. The van der Waals surface area contributed by atoms with E-state index in [0.717, 1.165) is 23.0 Å². The molecule has 1 aliphatic rings. The third kappa shape index (κ3) is 4.15. The fourth-order valence-electron chi connectivity index (χ4n) is 4.45. The summed E-state index contributed by atoms with van der Waals surface area (Å²) in [6.45, 7) is 11.9.